The van der Waals surface area contributed by atoms with Gasteiger partial charge >= 0.3 is 5.97 Å². The van der Waals surface area contributed by atoms with Crippen LogP contribution < -0.4 is 0 Å². The van der Waals surface area contributed by atoms with Crippen LogP contribution in [0.3, 0.4) is 0 Å². The first-order chi connectivity index (χ1) is 7.59. The molecule has 3 nitrogen and oxygen atoms in total. The maximum atomic E-state index is 10.7. The van der Waals surface area contributed by atoms with Crippen LogP contribution in [0.4, 0.5) is 0 Å². The van der Waals surface area contributed by atoms with Crippen LogP contribution in [0, 0.1) is 5.92 Å². The number of nitrogens with zero attached hydrogens (tertiary/aromatic N) is 1. The molecule has 16 heavy (non-hydrogen) atoms. The summed E-state index contributed by atoms with van der Waals surface area (Å²) in [4.78, 5) is 12.8. The minimum Gasteiger partial charge on any atom is -0.481 e. The molecule has 0 radical (unpaired) electrons. The fraction of sp³-hybridized carbons (Fsp3) is 0.417. The second kappa shape index (κ2) is 4.44. The Hall–Kier alpha value is -1.06. The highest BCUT2D eigenvalue weighted by Gasteiger charge is 2.35. The number of carbonyl (C=O) groups is 1. The SMILES string of the molecule is CC(c1ccccc1Cl)N1CC(C(=O)O)C1. The molecule has 1 aromatic rings. The van der Waals surface area contributed by atoms with Gasteiger partial charge < -0.3 is 5.11 Å². The molecule has 0 aromatic heterocycles. The summed E-state index contributed by atoms with van der Waals surface area (Å²) in [5, 5.41) is 9.55. The van der Waals surface area contributed by atoms with Crippen LogP contribution in [-0.2, 0) is 4.79 Å². The molecule has 1 saturated heterocycles. The van der Waals surface area contributed by atoms with Gasteiger partial charge in [-0.1, -0.05) is 29.8 Å². The largest absolute Gasteiger partial charge is 0.481 e. The lowest BCUT2D eigenvalue weighted by atomic mass is 9.95. The van der Waals surface area contributed by atoms with E-state index in [2.05, 4.69) is 11.8 Å². The zero-order valence-electron chi connectivity index (χ0n) is 9.06. The second-order valence-electron chi connectivity index (χ2n) is 4.19. The van der Waals surface area contributed by atoms with Crippen LogP contribution in [0.2, 0.25) is 5.02 Å². The van der Waals surface area contributed by atoms with Gasteiger partial charge in [0.2, 0.25) is 0 Å². The maximum absolute atomic E-state index is 10.7. The zero-order chi connectivity index (χ0) is 11.7. The van der Waals surface area contributed by atoms with E-state index in [9.17, 15) is 4.79 Å². The number of halogens is 1. The normalized spacial score (nSPS) is 19.1. The van der Waals surface area contributed by atoms with Gasteiger partial charge in [0.1, 0.15) is 0 Å². The highest BCUT2D eigenvalue weighted by molar-refractivity contribution is 6.31. The fourth-order valence-corrected chi connectivity index (χ4v) is 2.29. The molecule has 1 aliphatic rings. The van der Waals surface area contributed by atoms with Crippen molar-refractivity contribution in [2.45, 2.75) is 13.0 Å². The first kappa shape index (κ1) is 11.4. The van der Waals surface area contributed by atoms with Crippen molar-refractivity contribution >= 4 is 17.6 Å². The van der Waals surface area contributed by atoms with Crippen LogP contribution in [-0.4, -0.2) is 29.1 Å². The molecule has 1 aromatic carbocycles. The standard InChI is InChI=1S/C12H14ClNO2/c1-8(10-4-2-3-5-11(10)13)14-6-9(7-14)12(15)16/h2-5,8-9H,6-7H2,1H3,(H,15,16). The van der Waals surface area contributed by atoms with E-state index in [0.717, 1.165) is 10.6 Å². The molecule has 1 aliphatic heterocycles. The number of benzene rings is 1. The van der Waals surface area contributed by atoms with Gasteiger partial charge in [-0.3, -0.25) is 9.69 Å². The molecular formula is C12H14ClNO2. The molecule has 1 fully saturated rings. The van der Waals surface area contributed by atoms with E-state index in [4.69, 9.17) is 16.7 Å². The number of likely N-dealkylation sites (tertiary alicyclic amines) is 1. The van der Waals surface area contributed by atoms with Crippen LogP contribution in [0.5, 0.6) is 0 Å². The Bertz CT molecular complexity index is 402. The Morgan fingerprint density at radius 3 is 2.69 bits per heavy atom. The second-order valence-corrected chi connectivity index (χ2v) is 4.59. The van der Waals surface area contributed by atoms with E-state index >= 15 is 0 Å². The molecule has 0 spiro atoms. The van der Waals surface area contributed by atoms with E-state index in [1.807, 2.05) is 24.3 Å². The monoisotopic (exact) mass is 239 g/mol. The van der Waals surface area contributed by atoms with Gasteiger partial charge in [-0.15, -0.1) is 0 Å². The van der Waals surface area contributed by atoms with Crippen molar-refractivity contribution in [3.8, 4) is 0 Å². The minimum absolute atomic E-state index is 0.185. The Balaban J connectivity index is 2.03. The van der Waals surface area contributed by atoms with Crippen molar-refractivity contribution in [2.24, 2.45) is 5.92 Å². The third kappa shape index (κ3) is 2.06. The number of rotatable bonds is 3. The van der Waals surface area contributed by atoms with Crippen molar-refractivity contribution in [3.05, 3.63) is 34.9 Å². The van der Waals surface area contributed by atoms with Crippen molar-refractivity contribution in [3.63, 3.8) is 0 Å². The molecule has 1 N–H and O–H groups in total. The van der Waals surface area contributed by atoms with Gasteiger partial charge in [0.25, 0.3) is 0 Å². The summed E-state index contributed by atoms with van der Waals surface area (Å²) in [6, 6.07) is 7.88. The smallest absolute Gasteiger partial charge is 0.309 e. The van der Waals surface area contributed by atoms with Crippen molar-refractivity contribution in [2.75, 3.05) is 13.1 Å². The zero-order valence-corrected chi connectivity index (χ0v) is 9.81. The summed E-state index contributed by atoms with van der Waals surface area (Å²) in [5.74, 6) is -0.924. The fourth-order valence-electron chi connectivity index (χ4n) is 2.00. The van der Waals surface area contributed by atoms with E-state index in [1.165, 1.54) is 0 Å². The topological polar surface area (TPSA) is 40.5 Å². The summed E-state index contributed by atoms with van der Waals surface area (Å²) < 4.78 is 0. The van der Waals surface area contributed by atoms with E-state index in [1.54, 1.807) is 0 Å². The highest BCUT2D eigenvalue weighted by Crippen LogP contribution is 2.32. The van der Waals surface area contributed by atoms with Gasteiger partial charge in [0.15, 0.2) is 0 Å². The van der Waals surface area contributed by atoms with Crippen molar-refractivity contribution < 1.29 is 9.90 Å². The Morgan fingerprint density at radius 2 is 2.12 bits per heavy atom. The molecule has 1 atom stereocenters. The number of hydrogen-bond acceptors (Lipinski definition) is 2. The predicted octanol–water partition coefficient (Wildman–Crippen LogP) is 2.42. The lowest BCUT2D eigenvalue weighted by Crippen LogP contribution is -2.51. The summed E-state index contributed by atoms with van der Waals surface area (Å²) >= 11 is 6.10. The molecule has 0 amide bonds. The number of aliphatic carboxylic acids is 1. The van der Waals surface area contributed by atoms with Gasteiger partial charge in [-0.2, -0.15) is 0 Å². The Morgan fingerprint density at radius 1 is 1.50 bits per heavy atom. The maximum Gasteiger partial charge on any atom is 0.309 e. The lowest BCUT2D eigenvalue weighted by molar-refractivity contribution is -0.148. The highest BCUT2D eigenvalue weighted by atomic mass is 35.5. The van der Waals surface area contributed by atoms with Crippen molar-refractivity contribution in [1.82, 2.24) is 4.90 Å². The predicted molar refractivity (Wildman–Crippen MR) is 62.6 cm³/mol. The molecule has 0 bridgehead atoms. The van der Waals surface area contributed by atoms with E-state index in [-0.39, 0.29) is 12.0 Å². The van der Waals surface area contributed by atoms with Crippen LogP contribution in [0.1, 0.15) is 18.5 Å². The summed E-state index contributed by atoms with van der Waals surface area (Å²) in [6.07, 6.45) is 0. The minimum atomic E-state index is -0.706. The third-order valence-electron chi connectivity index (χ3n) is 3.16. The molecule has 86 valence electrons. The average Bonchev–Trinajstić information content (AvgIpc) is 2.15. The first-order valence-electron chi connectivity index (χ1n) is 5.31. The Labute approximate surface area is 99.6 Å². The van der Waals surface area contributed by atoms with Crippen LogP contribution in [0.25, 0.3) is 0 Å². The molecule has 0 aliphatic carbocycles. The van der Waals surface area contributed by atoms with Crippen molar-refractivity contribution in [1.29, 1.82) is 0 Å². The summed E-state index contributed by atoms with van der Waals surface area (Å²) in [7, 11) is 0. The lowest BCUT2D eigenvalue weighted by Gasteiger charge is -2.41. The molecular weight excluding hydrogens is 226 g/mol. The number of carboxylic acid groups (broad SMARTS) is 1. The molecule has 2 rings (SSSR count). The van der Waals surface area contributed by atoms with Gasteiger partial charge in [-0.25, -0.2) is 0 Å². The summed E-state index contributed by atoms with van der Waals surface area (Å²) in [5.41, 5.74) is 1.06. The Kier molecular flexibility index (Phi) is 3.17. The first-order valence-corrected chi connectivity index (χ1v) is 5.68. The van der Waals surface area contributed by atoms with Crippen LogP contribution in [0.15, 0.2) is 24.3 Å². The molecule has 1 unspecified atom stereocenters. The average molecular weight is 240 g/mol. The third-order valence-corrected chi connectivity index (χ3v) is 3.51. The quantitative estimate of drug-likeness (QED) is 0.881. The van der Waals surface area contributed by atoms with E-state index < -0.39 is 5.97 Å². The molecule has 1 heterocycles. The molecule has 0 saturated carbocycles. The van der Waals surface area contributed by atoms with Gasteiger partial charge in [-0.05, 0) is 18.6 Å². The van der Waals surface area contributed by atoms with Crippen LogP contribution >= 0.6 is 11.6 Å². The number of hydrogen-bond donors (Lipinski definition) is 1. The number of carboxylic acids is 1. The van der Waals surface area contributed by atoms with Gasteiger partial charge in [0, 0.05) is 24.2 Å². The summed E-state index contributed by atoms with van der Waals surface area (Å²) in [6.45, 7) is 3.28. The van der Waals surface area contributed by atoms with E-state index in [0.29, 0.717) is 13.1 Å². The van der Waals surface area contributed by atoms with Gasteiger partial charge in [0.05, 0.1) is 5.92 Å². The molecule has 4 heteroatoms.